The van der Waals surface area contributed by atoms with Crippen LogP contribution in [0.15, 0.2) is 72.2 Å². The average molecular weight is 414 g/mol. The molecule has 152 valence electrons. The third kappa shape index (κ3) is 5.35. The van der Waals surface area contributed by atoms with Crippen molar-refractivity contribution in [2.45, 2.75) is 0 Å². The van der Waals surface area contributed by atoms with Gasteiger partial charge in [0.15, 0.2) is 11.5 Å². The zero-order valence-corrected chi connectivity index (χ0v) is 15.0. The molecule has 2 aromatic carbocycles. The van der Waals surface area contributed by atoms with Gasteiger partial charge in [0, 0.05) is 23.5 Å². The molecular formula is C20H12F2N2O6. The molecule has 0 saturated heterocycles. The van der Waals surface area contributed by atoms with Gasteiger partial charge in [0.2, 0.25) is 11.6 Å². The second-order valence-corrected chi connectivity index (χ2v) is 5.80. The van der Waals surface area contributed by atoms with Crippen LogP contribution in [-0.4, -0.2) is 23.8 Å². The summed E-state index contributed by atoms with van der Waals surface area (Å²) in [4.78, 5) is 47.8. The molecule has 0 atom stereocenters. The SMILES string of the molecule is O=C(Nc1cccc(F)c1)OC1=CC(=O)C(OC(=O)Nc2cccc(F)c2)=CC1=O. The fraction of sp³-hybridized carbons (Fsp3) is 0. The summed E-state index contributed by atoms with van der Waals surface area (Å²) in [7, 11) is 0. The van der Waals surface area contributed by atoms with Crippen LogP contribution in [0.3, 0.4) is 0 Å². The highest BCUT2D eigenvalue weighted by Crippen LogP contribution is 2.17. The maximum absolute atomic E-state index is 13.1. The highest BCUT2D eigenvalue weighted by molar-refractivity contribution is 6.19. The maximum Gasteiger partial charge on any atom is 0.417 e. The fourth-order valence-corrected chi connectivity index (χ4v) is 2.30. The Balaban J connectivity index is 1.59. The van der Waals surface area contributed by atoms with Gasteiger partial charge in [-0.05, 0) is 36.4 Å². The lowest BCUT2D eigenvalue weighted by Gasteiger charge is -2.13. The number of ether oxygens (including phenoxy) is 2. The van der Waals surface area contributed by atoms with E-state index in [9.17, 15) is 28.0 Å². The molecule has 0 spiro atoms. The summed E-state index contributed by atoms with van der Waals surface area (Å²) in [5.74, 6) is -4.27. The van der Waals surface area contributed by atoms with E-state index in [2.05, 4.69) is 10.6 Å². The Labute approximate surface area is 167 Å². The number of halogens is 2. The Hall–Kier alpha value is -4.34. The molecule has 0 aromatic heterocycles. The number of rotatable bonds is 4. The monoisotopic (exact) mass is 414 g/mol. The number of ketones is 2. The predicted octanol–water partition coefficient (Wildman–Crippen LogP) is 3.68. The van der Waals surface area contributed by atoms with Crippen LogP contribution in [0, 0.1) is 11.6 Å². The van der Waals surface area contributed by atoms with Crippen molar-refractivity contribution in [1.82, 2.24) is 0 Å². The first-order valence-corrected chi connectivity index (χ1v) is 8.31. The molecule has 0 aliphatic heterocycles. The zero-order valence-electron chi connectivity index (χ0n) is 15.0. The van der Waals surface area contributed by atoms with Crippen LogP contribution < -0.4 is 10.6 Å². The van der Waals surface area contributed by atoms with Gasteiger partial charge in [0.25, 0.3) is 0 Å². The van der Waals surface area contributed by atoms with E-state index < -0.39 is 46.9 Å². The van der Waals surface area contributed by atoms with Crippen molar-refractivity contribution in [3.8, 4) is 0 Å². The summed E-state index contributed by atoms with van der Waals surface area (Å²) >= 11 is 0. The van der Waals surface area contributed by atoms with Crippen LogP contribution in [0.4, 0.5) is 29.7 Å². The Morgan fingerprint density at radius 2 is 1.10 bits per heavy atom. The number of hydrogen-bond donors (Lipinski definition) is 2. The smallest absolute Gasteiger partial charge is 0.406 e. The molecule has 2 amide bonds. The quantitative estimate of drug-likeness (QED) is 0.739. The minimum absolute atomic E-state index is 0.0729. The van der Waals surface area contributed by atoms with E-state index in [-0.39, 0.29) is 11.4 Å². The number of carbonyl (C=O) groups excluding carboxylic acids is 4. The Morgan fingerprint density at radius 1 is 0.700 bits per heavy atom. The van der Waals surface area contributed by atoms with Crippen LogP contribution in [0.25, 0.3) is 0 Å². The second-order valence-electron chi connectivity index (χ2n) is 5.80. The van der Waals surface area contributed by atoms with Gasteiger partial charge in [-0.1, -0.05) is 12.1 Å². The topological polar surface area (TPSA) is 111 Å². The van der Waals surface area contributed by atoms with Gasteiger partial charge in [-0.25, -0.2) is 18.4 Å². The van der Waals surface area contributed by atoms with Gasteiger partial charge < -0.3 is 9.47 Å². The Bertz CT molecular complexity index is 1020. The molecule has 0 saturated carbocycles. The number of anilines is 2. The van der Waals surface area contributed by atoms with E-state index in [0.29, 0.717) is 12.2 Å². The van der Waals surface area contributed by atoms with Gasteiger partial charge >= 0.3 is 12.2 Å². The lowest BCUT2D eigenvalue weighted by Crippen LogP contribution is -2.24. The summed E-state index contributed by atoms with van der Waals surface area (Å²) in [5.41, 5.74) is 0.146. The van der Waals surface area contributed by atoms with Gasteiger partial charge in [0.1, 0.15) is 11.6 Å². The summed E-state index contributed by atoms with van der Waals surface area (Å²) in [6, 6.07) is 9.84. The highest BCUT2D eigenvalue weighted by atomic mass is 19.1. The van der Waals surface area contributed by atoms with Crippen LogP contribution in [-0.2, 0) is 19.1 Å². The van der Waals surface area contributed by atoms with Crippen LogP contribution >= 0.6 is 0 Å². The number of carbonyl (C=O) groups is 4. The number of amides is 2. The highest BCUT2D eigenvalue weighted by Gasteiger charge is 2.26. The third-order valence-electron chi connectivity index (χ3n) is 3.56. The Kier molecular flexibility index (Phi) is 5.97. The summed E-state index contributed by atoms with van der Waals surface area (Å²) in [5, 5.41) is 4.38. The molecule has 0 radical (unpaired) electrons. The van der Waals surface area contributed by atoms with Crippen molar-refractivity contribution in [2.75, 3.05) is 10.6 Å². The van der Waals surface area contributed by atoms with E-state index in [4.69, 9.17) is 9.47 Å². The molecule has 2 aromatic rings. The lowest BCUT2D eigenvalue weighted by molar-refractivity contribution is -0.118. The first-order valence-electron chi connectivity index (χ1n) is 8.31. The largest absolute Gasteiger partial charge is 0.417 e. The van der Waals surface area contributed by atoms with Crippen molar-refractivity contribution in [2.24, 2.45) is 0 Å². The van der Waals surface area contributed by atoms with Crippen molar-refractivity contribution >= 4 is 35.1 Å². The van der Waals surface area contributed by atoms with E-state index in [1.165, 1.54) is 36.4 Å². The second kappa shape index (κ2) is 8.78. The molecule has 2 N–H and O–H groups in total. The first kappa shape index (κ1) is 20.4. The summed E-state index contributed by atoms with van der Waals surface area (Å²) < 4.78 is 35.7. The fourth-order valence-electron chi connectivity index (χ4n) is 2.30. The lowest BCUT2D eigenvalue weighted by atomic mass is 10.1. The van der Waals surface area contributed by atoms with Gasteiger partial charge in [-0.2, -0.15) is 0 Å². The normalized spacial score (nSPS) is 13.1. The summed E-state index contributed by atoms with van der Waals surface area (Å²) in [6.07, 6.45) is -0.930. The van der Waals surface area contributed by atoms with Crippen molar-refractivity contribution in [3.05, 3.63) is 83.8 Å². The first-order chi connectivity index (χ1) is 14.3. The molecule has 0 unspecified atom stereocenters. The van der Waals surface area contributed by atoms with E-state index in [0.717, 1.165) is 12.1 Å². The molecule has 3 rings (SSSR count). The van der Waals surface area contributed by atoms with Crippen LogP contribution in [0.1, 0.15) is 0 Å². The van der Waals surface area contributed by atoms with Crippen molar-refractivity contribution in [3.63, 3.8) is 0 Å². The van der Waals surface area contributed by atoms with Crippen molar-refractivity contribution < 1.29 is 37.4 Å². The number of nitrogens with one attached hydrogen (secondary N) is 2. The zero-order chi connectivity index (χ0) is 21.7. The molecule has 8 nitrogen and oxygen atoms in total. The number of benzene rings is 2. The predicted molar refractivity (Wildman–Crippen MR) is 99.2 cm³/mol. The van der Waals surface area contributed by atoms with Gasteiger partial charge in [-0.15, -0.1) is 0 Å². The molecular weight excluding hydrogens is 402 g/mol. The van der Waals surface area contributed by atoms with E-state index in [1.54, 1.807) is 0 Å². The standard InChI is InChI=1S/C20H12F2N2O6/c21-11-3-1-5-13(7-11)23-19(27)29-17-9-16(26)18(10-15(17)25)30-20(28)24-14-6-2-4-12(22)8-14/h1-10H,(H,23,27)(H,24,28). The third-order valence-corrected chi connectivity index (χ3v) is 3.56. The van der Waals surface area contributed by atoms with Gasteiger partial charge in [-0.3, -0.25) is 20.2 Å². The van der Waals surface area contributed by atoms with E-state index in [1.807, 2.05) is 0 Å². The number of hydrogen-bond acceptors (Lipinski definition) is 6. The number of allylic oxidation sites excluding steroid dienone is 2. The minimum atomic E-state index is -1.13. The van der Waals surface area contributed by atoms with Crippen molar-refractivity contribution in [1.29, 1.82) is 0 Å². The van der Waals surface area contributed by atoms with Crippen LogP contribution in [0.2, 0.25) is 0 Å². The molecule has 30 heavy (non-hydrogen) atoms. The summed E-state index contributed by atoms with van der Waals surface area (Å²) in [6.45, 7) is 0. The maximum atomic E-state index is 13.1. The molecule has 0 heterocycles. The minimum Gasteiger partial charge on any atom is -0.406 e. The Morgan fingerprint density at radius 3 is 1.47 bits per heavy atom. The van der Waals surface area contributed by atoms with E-state index >= 15 is 0 Å². The van der Waals surface area contributed by atoms with Gasteiger partial charge in [0.05, 0.1) is 0 Å². The average Bonchev–Trinajstić information content (AvgIpc) is 2.65. The molecule has 0 fully saturated rings. The van der Waals surface area contributed by atoms with Crippen LogP contribution in [0.5, 0.6) is 0 Å². The molecule has 0 bridgehead atoms. The molecule has 1 aliphatic carbocycles. The molecule has 1 aliphatic rings. The molecule has 10 heteroatoms.